The molecule has 0 saturated carbocycles. The van der Waals surface area contributed by atoms with Crippen LogP contribution in [-0.2, 0) is 17.8 Å². The predicted octanol–water partition coefficient (Wildman–Crippen LogP) is 3.18. The van der Waals surface area contributed by atoms with Gasteiger partial charge in [0.05, 0.1) is 23.4 Å². The van der Waals surface area contributed by atoms with Crippen LogP contribution in [0.1, 0.15) is 32.8 Å². The molecule has 0 aliphatic carbocycles. The van der Waals surface area contributed by atoms with Crippen molar-refractivity contribution in [3.8, 4) is 0 Å². The van der Waals surface area contributed by atoms with Gasteiger partial charge in [0.1, 0.15) is 0 Å². The number of ether oxygens (including phenoxy) is 1. The second kappa shape index (κ2) is 6.28. The van der Waals surface area contributed by atoms with E-state index in [1.807, 2.05) is 31.2 Å². The summed E-state index contributed by atoms with van der Waals surface area (Å²) in [5.74, 6) is 0. The zero-order valence-corrected chi connectivity index (χ0v) is 12.3. The number of aliphatic hydroxyl groups excluding tert-OH is 1. The number of rotatable bonds is 5. The maximum absolute atomic E-state index is 10.4. The Morgan fingerprint density at radius 2 is 2.05 bits per heavy atom. The molecule has 2 rings (SSSR count). The largest absolute Gasteiger partial charge is 0.388 e. The first-order chi connectivity index (χ1) is 9.11. The molecule has 0 aliphatic heterocycles. The SMILES string of the molecule is COCc1ccccc1C(O)Cc1nc(C)c(C)s1. The number of hydrogen-bond acceptors (Lipinski definition) is 4. The molecule has 3 nitrogen and oxygen atoms in total. The van der Waals surface area contributed by atoms with Gasteiger partial charge in [-0.05, 0) is 25.0 Å². The highest BCUT2D eigenvalue weighted by Gasteiger charge is 2.15. The van der Waals surface area contributed by atoms with E-state index in [4.69, 9.17) is 4.74 Å². The van der Waals surface area contributed by atoms with Gasteiger partial charge in [0, 0.05) is 18.4 Å². The lowest BCUT2D eigenvalue weighted by atomic mass is 10.0. The van der Waals surface area contributed by atoms with Crippen LogP contribution in [0.15, 0.2) is 24.3 Å². The van der Waals surface area contributed by atoms with Gasteiger partial charge in [-0.15, -0.1) is 11.3 Å². The van der Waals surface area contributed by atoms with Crippen molar-refractivity contribution in [1.82, 2.24) is 4.98 Å². The minimum atomic E-state index is -0.531. The Morgan fingerprint density at radius 1 is 1.32 bits per heavy atom. The standard InChI is InChI=1S/C15H19NO2S/c1-10-11(2)19-15(16-10)8-14(17)13-7-5-4-6-12(13)9-18-3/h4-7,14,17H,8-9H2,1-3H3. The van der Waals surface area contributed by atoms with E-state index in [-0.39, 0.29) is 0 Å². The van der Waals surface area contributed by atoms with E-state index < -0.39 is 6.10 Å². The molecule has 19 heavy (non-hydrogen) atoms. The summed E-state index contributed by atoms with van der Waals surface area (Å²) in [6.45, 7) is 4.57. The first-order valence-corrected chi connectivity index (χ1v) is 7.11. The highest BCUT2D eigenvalue weighted by atomic mass is 32.1. The monoisotopic (exact) mass is 277 g/mol. The van der Waals surface area contributed by atoms with Gasteiger partial charge in [-0.25, -0.2) is 4.98 Å². The average Bonchev–Trinajstić information content (AvgIpc) is 2.69. The van der Waals surface area contributed by atoms with Crippen LogP contribution in [0.4, 0.5) is 0 Å². The Morgan fingerprint density at radius 3 is 2.68 bits per heavy atom. The fourth-order valence-electron chi connectivity index (χ4n) is 2.05. The van der Waals surface area contributed by atoms with Gasteiger partial charge in [0.2, 0.25) is 0 Å². The Labute approximate surface area is 117 Å². The number of benzene rings is 1. The van der Waals surface area contributed by atoms with E-state index in [1.165, 1.54) is 4.88 Å². The molecule has 1 atom stereocenters. The first-order valence-electron chi connectivity index (χ1n) is 6.29. The number of aliphatic hydroxyl groups is 1. The molecule has 0 fully saturated rings. The number of aromatic nitrogens is 1. The number of aryl methyl sites for hydroxylation is 2. The second-order valence-corrected chi connectivity index (χ2v) is 5.89. The van der Waals surface area contributed by atoms with Crippen molar-refractivity contribution < 1.29 is 9.84 Å². The van der Waals surface area contributed by atoms with Crippen molar-refractivity contribution in [3.05, 3.63) is 51.0 Å². The molecule has 1 unspecified atom stereocenters. The summed E-state index contributed by atoms with van der Waals surface area (Å²) in [5, 5.41) is 11.4. The summed E-state index contributed by atoms with van der Waals surface area (Å²) in [6.07, 6.45) is 0.0244. The van der Waals surface area contributed by atoms with E-state index in [2.05, 4.69) is 11.9 Å². The summed E-state index contributed by atoms with van der Waals surface area (Å²) in [7, 11) is 1.66. The molecule has 1 aromatic heterocycles. The molecule has 0 aliphatic rings. The number of methoxy groups -OCH3 is 1. The van der Waals surface area contributed by atoms with Crippen LogP contribution in [0.5, 0.6) is 0 Å². The molecule has 0 saturated heterocycles. The number of hydrogen-bond donors (Lipinski definition) is 1. The van der Waals surface area contributed by atoms with Gasteiger partial charge in [0.25, 0.3) is 0 Å². The van der Waals surface area contributed by atoms with Gasteiger partial charge in [-0.2, -0.15) is 0 Å². The number of thiazole rings is 1. The van der Waals surface area contributed by atoms with Crippen LogP contribution in [0.25, 0.3) is 0 Å². The van der Waals surface area contributed by atoms with Gasteiger partial charge in [-0.3, -0.25) is 0 Å². The van der Waals surface area contributed by atoms with Crippen LogP contribution in [0, 0.1) is 13.8 Å². The van der Waals surface area contributed by atoms with Crippen molar-refractivity contribution in [2.75, 3.05) is 7.11 Å². The molecule has 0 amide bonds. The van der Waals surface area contributed by atoms with Gasteiger partial charge in [0.15, 0.2) is 0 Å². The minimum Gasteiger partial charge on any atom is -0.388 e. The highest BCUT2D eigenvalue weighted by molar-refractivity contribution is 7.11. The highest BCUT2D eigenvalue weighted by Crippen LogP contribution is 2.25. The molecule has 0 radical (unpaired) electrons. The molecule has 1 heterocycles. The summed E-state index contributed by atoms with van der Waals surface area (Å²) in [5.41, 5.74) is 3.01. The van der Waals surface area contributed by atoms with Crippen LogP contribution in [0.2, 0.25) is 0 Å². The van der Waals surface area contributed by atoms with E-state index >= 15 is 0 Å². The lowest BCUT2D eigenvalue weighted by molar-refractivity contribution is 0.161. The van der Waals surface area contributed by atoms with Crippen LogP contribution >= 0.6 is 11.3 Å². The Kier molecular flexibility index (Phi) is 4.69. The third-order valence-electron chi connectivity index (χ3n) is 3.15. The molecular weight excluding hydrogens is 258 g/mol. The lowest BCUT2D eigenvalue weighted by Gasteiger charge is -2.14. The van der Waals surface area contributed by atoms with Crippen molar-refractivity contribution >= 4 is 11.3 Å². The van der Waals surface area contributed by atoms with Crippen molar-refractivity contribution in [1.29, 1.82) is 0 Å². The van der Waals surface area contributed by atoms with Crippen LogP contribution in [-0.4, -0.2) is 17.2 Å². The third kappa shape index (κ3) is 3.41. The Hall–Kier alpha value is -1.23. The molecule has 0 spiro atoms. The van der Waals surface area contributed by atoms with Crippen LogP contribution in [0.3, 0.4) is 0 Å². The van der Waals surface area contributed by atoms with Crippen molar-refractivity contribution in [3.63, 3.8) is 0 Å². The molecule has 2 aromatic rings. The quantitative estimate of drug-likeness (QED) is 0.912. The average molecular weight is 277 g/mol. The topological polar surface area (TPSA) is 42.4 Å². The summed E-state index contributed by atoms with van der Waals surface area (Å²) in [4.78, 5) is 5.69. The van der Waals surface area contributed by atoms with Crippen LogP contribution < -0.4 is 0 Å². The summed E-state index contributed by atoms with van der Waals surface area (Å²) >= 11 is 1.65. The fraction of sp³-hybridized carbons (Fsp3) is 0.400. The summed E-state index contributed by atoms with van der Waals surface area (Å²) in [6, 6.07) is 7.84. The zero-order valence-electron chi connectivity index (χ0n) is 11.5. The smallest absolute Gasteiger partial charge is 0.0960 e. The van der Waals surface area contributed by atoms with E-state index in [9.17, 15) is 5.11 Å². The Balaban J connectivity index is 2.17. The van der Waals surface area contributed by atoms with Crippen molar-refractivity contribution in [2.45, 2.75) is 33.0 Å². The predicted molar refractivity (Wildman–Crippen MR) is 77.4 cm³/mol. The molecule has 1 aromatic carbocycles. The molecule has 102 valence electrons. The fourth-order valence-corrected chi connectivity index (χ4v) is 3.02. The molecular formula is C15H19NO2S. The van der Waals surface area contributed by atoms with E-state index in [0.717, 1.165) is 21.8 Å². The maximum Gasteiger partial charge on any atom is 0.0960 e. The summed E-state index contributed by atoms with van der Waals surface area (Å²) < 4.78 is 5.17. The van der Waals surface area contributed by atoms with Crippen molar-refractivity contribution in [2.24, 2.45) is 0 Å². The third-order valence-corrected chi connectivity index (χ3v) is 4.25. The zero-order chi connectivity index (χ0) is 13.8. The minimum absolute atomic E-state index is 0.517. The normalized spacial score (nSPS) is 12.6. The Bertz CT molecular complexity index is 531. The molecule has 0 bridgehead atoms. The van der Waals surface area contributed by atoms with Gasteiger partial charge < -0.3 is 9.84 Å². The van der Waals surface area contributed by atoms with E-state index in [1.54, 1.807) is 18.4 Å². The lowest BCUT2D eigenvalue weighted by Crippen LogP contribution is -2.06. The van der Waals surface area contributed by atoms with Gasteiger partial charge >= 0.3 is 0 Å². The van der Waals surface area contributed by atoms with E-state index in [0.29, 0.717) is 13.0 Å². The second-order valence-electron chi connectivity index (χ2n) is 4.60. The molecule has 4 heteroatoms. The van der Waals surface area contributed by atoms with Gasteiger partial charge in [-0.1, -0.05) is 24.3 Å². The number of nitrogens with zero attached hydrogens (tertiary/aromatic N) is 1. The maximum atomic E-state index is 10.4. The molecule has 1 N–H and O–H groups in total. The first kappa shape index (κ1) is 14.2.